The largest absolute Gasteiger partial charge is 0.390 e. The van der Waals surface area contributed by atoms with E-state index in [9.17, 15) is 4.79 Å². The van der Waals surface area contributed by atoms with Gasteiger partial charge in [0.15, 0.2) is 6.10 Å². The van der Waals surface area contributed by atoms with Gasteiger partial charge in [-0.05, 0) is 30.2 Å². The van der Waals surface area contributed by atoms with Crippen LogP contribution in [0.4, 0.5) is 0 Å². The van der Waals surface area contributed by atoms with Gasteiger partial charge in [0, 0.05) is 30.0 Å². The van der Waals surface area contributed by atoms with Gasteiger partial charge in [-0.3, -0.25) is 4.79 Å². The Kier molecular flexibility index (Phi) is 5.94. The molecule has 2 aromatic rings. The maximum Gasteiger partial charge on any atom is 0.222 e. The van der Waals surface area contributed by atoms with E-state index in [-0.39, 0.29) is 12.0 Å². The molecule has 26 heavy (non-hydrogen) atoms. The number of aryl methyl sites for hydroxylation is 1. The van der Waals surface area contributed by atoms with Crippen LogP contribution < -0.4 is 0 Å². The minimum Gasteiger partial charge on any atom is -0.390 e. The van der Waals surface area contributed by atoms with E-state index < -0.39 is 0 Å². The lowest BCUT2D eigenvalue weighted by Crippen LogP contribution is -2.36. The van der Waals surface area contributed by atoms with Crippen molar-refractivity contribution >= 4 is 23.2 Å². The molecule has 0 aromatic heterocycles. The molecule has 1 aliphatic rings. The molecule has 1 heterocycles. The Hall–Kier alpha value is -2.33. The molecular formula is C21H23ClN2O2. The number of benzene rings is 2. The van der Waals surface area contributed by atoms with Crippen LogP contribution in [0.2, 0.25) is 5.02 Å². The molecule has 1 atom stereocenters. The third-order valence-electron chi connectivity index (χ3n) is 4.53. The molecule has 0 spiro atoms. The van der Waals surface area contributed by atoms with Gasteiger partial charge in [0.1, 0.15) is 0 Å². The summed E-state index contributed by atoms with van der Waals surface area (Å²) in [5, 5.41) is 4.94. The van der Waals surface area contributed by atoms with Crippen molar-refractivity contribution in [2.24, 2.45) is 5.16 Å². The van der Waals surface area contributed by atoms with Crippen molar-refractivity contribution in [2.45, 2.75) is 39.3 Å². The first-order valence-corrected chi connectivity index (χ1v) is 9.25. The van der Waals surface area contributed by atoms with Gasteiger partial charge in [-0.1, -0.05) is 60.1 Å². The summed E-state index contributed by atoms with van der Waals surface area (Å²) in [5.74, 6) is 0.0953. The second-order valence-corrected chi connectivity index (χ2v) is 6.98. The van der Waals surface area contributed by atoms with Crippen molar-refractivity contribution < 1.29 is 9.63 Å². The summed E-state index contributed by atoms with van der Waals surface area (Å²) in [6.45, 7) is 4.97. The van der Waals surface area contributed by atoms with Crippen LogP contribution in [0, 0.1) is 6.92 Å². The van der Waals surface area contributed by atoms with Crippen LogP contribution in [0.15, 0.2) is 53.7 Å². The Morgan fingerprint density at radius 1 is 1.27 bits per heavy atom. The molecule has 0 aliphatic carbocycles. The summed E-state index contributed by atoms with van der Waals surface area (Å²) in [6.07, 6.45) is 1.03. The average Bonchev–Trinajstić information content (AvgIpc) is 3.09. The molecule has 136 valence electrons. The Morgan fingerprint density at radius 2 is 2.08 bits per heavy atom. The Morgan fingerprint density at radius 3 is 2.81 bits per heavy atom. The van der Waals surface area contributed by atoms with E-state index in [2.05, 4.69) is 24.2 Å². The maximum absolute atomic E-state index is 12.4. The normalized spacial score (nSPS) is 16.1. The summed E-state index contributed by atoms with van der Waals surface area (Å²) in [5.41, 5.74) is 4.24. The van der Waals surface area contributed by atoms with E-state index in [4.69, 9.17) is 16.4 Å². The number of rotatable bonds is 6. The molecular weight excluding hydrogens is 348 g/mol. The first kappa shape index (κ1) is 18.5. The summed E-state index contributed by atoms with van der Waals surface area (Å²) < 4.78 is 0. The van der Waals surface area contributed by atoms with Crippen LogP contribution in [-0.4, -0.2) is 29.2 Å². The second kappa shape index (κ2) is 8.37. The third kappa shape index (κ3) is 4.44. The predicted molar refractivity (Wildman–Crippen MR) is 104 cm³/mol. The summed E-state index contributed by atoms with van der Waals surface area (Å²) in [6, 6.07) is 15.7. The zero-order valence-electron chi connectivity index (χ0n) is 15.1. The highest BCUT2D eigenvalue weighted by atomic mass is 35.5. The number of carbonyl (C=O) groups is 1. The molecule has 0 radical (unpaired) electrons. The van der Waals surface area contributed by atoms with Crippen LogP contribution in [0.5, 0.6) is 0 Å². The fourth-order valence-corrected chi connectivity index (χ4v) is 3.37. The van der Waals surface area contributed by atoms with Crippen molar-refractivity contribution in [2.75, 3.05) is 6.54 Å². The first-order chi connectivity index (χ1) is 12.6. The van der Waals surface area contributed by atoms with Gasteiger partial charge in [-0.2, -0.15) is 0 Å². The van der Waals surface area contributed by atoms with Crippen LogP contribution in [0.3, 0.4) is 0 Å². The molecule has 0 fully saturated rings. The molecule has 1 aliphatic heterocycles. The minimum atomic E-state index is -0.126. The monoisotopic (exact) mass is 370 g/mol. The molecule has 0 N–H and O–H groups in total. The van der Waals surface area contributed by atoms with E-state index in [0.29, 0.717) is 31.0 Å². The predicted octanol–water partition coefficient (Wildman–Crippen LogP) is 4.58. The summed E-state index contributed by atoms with van der Waals surface area (Å²) in [7, 11) is 0. The van der Waals surface area contributed by atoms with E-state index in [1.165, 1.54) is 5.56 Å². The highest BCUT2D eigenvalue weighted by molar-refractivity contribution is 6.30. The van der Waals surface area contributed by atoms with Gasteiger partial charge in [-0.25, -0.2) is 0 Å². The van der Waals surface area contributed by atoms with Crippen molar-refractivity contribution in [1.29, 1.82) is 0 Å². The highest BCUT2D eigenvalue weighted by Gasteiger charge is 2.27. The summed E-state index contributed by atoms with van der Waals surface area (Å²) >= 11 is 6.07. The fraction of sp³-hybridized carbons (Fsp3) is 0.333. The van der Waals surface area contributed by atoms with Gasteiger partial charge < -0.3 is 9.74 Å². The van der Waals surface area contributed by atoms with Gasteiger partial charge in [0.05, 0.1) is 12.3 Å². The molecule has 2 aromatic carbocycles. The molecule has 3 rings (SSSR count). The Labute approximate surface area is 159 Å². The van der Waals surface area contributed by atoms with Crippen molar-refractivity contribution in [3.05, 3.63) is 70.2 Å². The SMILES string of the molecule is CCC(=O)N(Cc1cccc(Cl)c1)C[C@H]1CC(c2ccccc2C)=NO1. The molecule has 0 saturated carbocycles. The number of halogens is 1. The number of amides is 1. The number of oxime groups is 1. The molecule has 5 heteroatoms. The topological polar surface area (TPSA) is 41.9 Å². The van der Waals surface area contributed by atoms with E-state index >= 15 is 0 Å². The zero-order chi connectivity index (χ0) is 18.5. The second-order valence-electron chi connectivity index (χ2n) is 6.54. The van der Waals surface area contributed by atoms with Crippen LogP contribution in [0.1, 0.15) is 36.5 Å². The summed E-state index contributed by atoms with van der Waals surface area (Å²) in [4.78, 5) is 19.9. The third-order valence-corrected chi connectivity index (χ3v) is 4.77. The Balaban J connectivity index is 1.67. The van der Waals surface area contributed by atoms with E-state index in [1.54, 1.807) is 0 Å². The number of hydrogen-bond acceptors (Lipinski definition) is 3. The van der Waals surface area contributed by atoms with Gasteiger partial charge >= 0.3 is 0 Å². The maximum atomic E-state index is 12.4. The zero-order valence-corrected chi connectivity index (χ0v) is 15.9. The van der Waals surface area contributed by atoms with E-state index in [0.717, 1.165) is 16.8 Å². The van der Waals surface area contributed by atoms with Crippen LogP contribution >= 0.6 is 11.6 Å². The minimum absolute atomic E-state index is 0.0953. The standard InChI is InChI=1S/C21H23ClN2O2/c1-3-21(25)24(13-16-8-6-9-17(22)11-16)14-18-12-20(23-26-18)19-10-5-4-7-15(19)2/h4-11,18H,3,12-14H2,1-2H3/t18-/m1/s1. The lowest BCUT2D eigenvalue weighted by atomic mass is 10.00. The van der Waals surface area contributed by atoms with Crippen LogP contribution in [-0.2, 0) is 16.2 Å². The van der Waals surface area contributed by atoms with Gasteiger partial charge in [0.25, 0.3) is 0 Å². The highest BCUT2D eigenvalue weighted by Crippen LogP contribution is 2.21. The van der Waals surface area contributed by atoms with Crippen molar-refractivity contribution in [1.82, 2.24) is 4.90 Å². The fourth-order valence-electron chi connectivity index (χ4n) is 3.16. The molecule has 1 amide bonds. The molecule has 4 nitrogen and oxygen atoms in total. The number of carbonyl (C=O) groups excluding carboxylic acids is 1. The van der Waals surface area contributed by atoms with Crippen molar-refractivity contribution in [3.63, 3.8) is 0 Å². The van der Waals surface area contributed by atoms with Crippen LogP contribution in [0.25, 0.3) is 0 Å². The van der Waals surface area contributed by atoms with E-state index in [1.807, 2.05) is 48.2 Å². The van der Waals surface area contributed by atoms with Gasteiger partial charge in [-0.15, -0.1) is 0 Å². The first-order valence-electron chi connectivity index (χ1n) is 8.87. The molecule has 0 saturated heterocycles. The lowest BCUT2D eigenvalue weighted by molar-refractivity contribution is -0.133. The molecule has 0 bridgehead atoms. The van der Waals surface area contributed by atoms with Gasteiger partial charge in [0.2, 0.25) is 5.91 Å². The number of hydrogen-bond donors (Lipinski definition) is 0. The Bertz CT molecular complexity index is 819. The quantitative estimate of drug-likeness (QED) is 0.746. The average molecular weight is 371 g/mol. The number of nitrogens with zero attached hydrogens (tertiary/aromatic N) is 2. The smallest absolute Gasteiger partial charge is 0.222 e. The lowest BCUT2D eigenvalue weighted by Gasteiger charge is -2.24. The molecule has 0 unspecified atom stereocenters. The van der Waals surface area contributed by atoms with Crippen molar-refractivity contribution in [3.8, 4) is 0 Å².